The van der Waals surface area contributed by atoms with Gasteiger partial charge in [0.2, 0.25) is 0 Å². The third-order valence-electron chi connectivity index (χ3n) is 10.7. The van der Waals surface area contributed by atoms with Crippen molar-refractivity contribution in [3.05, 3.63) is 11.1 Å². The molecule has 214 valence electrons. The number of hydrogen-bond acceptors (Lipinski definition) is 6. The fourth-order valence-electron chi connectivity index (χ4n) is 8.95. The van der Waals surface area contributed by atoms with Crippen LogP contribution in [0.25, 0.3) is 0 Å². The van der Waals surface area contributed by atoms with Crippen LogP contribution in [-0.4, -0.2) is 67.8 Å². The normalized spacial score (nSPS) is 40.5. The Labute approximate surface area is 225 Å². The van der Waals surface area contributed by atoms with E-state index in [1.165, 1.54) is 25.7 Å². The maximum absolute atomic E-state index is 9.47. The Hall–Kier alpha value is -0.500. The topological polar surface area (TPSA) is 77.4 Å². The smallest absolute Gasteiger partial charge is 0.169 e. The number of aliphatic hydroxyl groups excluding tert-OH is 2. The lowest BCUT2D eigenvalue weighted by Gasteiger charge is -2.58. The predicted molar refractivity (Wildman–Crippen MR) is 145 cm³/mol. The first-order valence-electron chi connectivity index (χ1n) is 15.3. The van der Waals surface area contributed by atoms with Crippen LogP contribution in [0.2, 0.25) is 0 Å². The van der Waals surface area contributed by atoms with E-state index in [0.717, 1.165) is 25.7 Å². The molecule has 3 unspecified atom stereocenters. The molecule has 1 heterocycles. The molecule has 6 nitrogen and oxygen atoms in total. The largest absolute Gasteiger partial charge is 0.396 e. The summed E-state index contributed by atoms with van der Waals surface area (Å²) in [5, 5.41) is 18.9. The molecular weight excluding hydrogens is 468 g/mol. The second kappa shape index (κ2) is 12.3. The van der Waals surface area contributed by atoms with E-state index in [1.54, 1.807) is 11.1 Å². The summed E-state index contributed by atoms with van der Waals surface area (Å²) in [6, 6.07) is 0. The van der Waals surface area contributed by atoms with Gasteiger partial charge in [-0.2, -0.15) is 0 Å². The van der Waals surface area contributed by atoms with Crippen LogP contribution in [0.4, 0.5) is 0 Å². The lowest BCUT2D eigenvalue weighted by atomic mass is 9.49. The molecule has 37 heavy (non-hydrogen) atoms. The van der Waals surface area contributed by atoms with Gasteiger partial charge in [-0.25, -0.2) is 0 Å². The summed E-state index contributed by atoms with van der Waals surface area (Å²) in [5.74, 6) is 0.733. The zero-order valence-electron chi connectivity index (χ0n) is 24.2. The minimum absolute atomic E-state index is 0.0884. The molecule has 0 aromatic carbocycles. The Balaban J connectivity index is 0.00000156. The van der Waals surface area contributed by atoms with Crippen molar-refractivity contribution < 1.29 is 29.2 Å². The molecule has 1 aliphatic heterocycles. The number of hydrogen-bond donors (Lipinski definition) is 2. The molecule has 5 aliphatic rings. The molecule has 2 saturated carbocycles. The molecule has 2 N–H and O–H groups in total. The third-order valence-corrected chi connectivity index (χ3v) is 10.7. The van der Waals surface area contributed by atoms with Crippen molar-refractivity contribution in [1.29, 1.82) is 0 Å². The minimum Gasteiger partial charge on any atom is -0.396 e. The van der Waals surface area contributed by atoms with E-state index in [0.29, 0.717) is 51.1 Å². The highest BCUT2D eigenvalue weighted by Gasteiger charge is 2.65. The first-order chi connectivity index (χ1) is 17.9. The average Bonchev–Trinajstić information content (AvgIpc) is 3.50. The fourth-order valence-corrected chi connectivity index (χ4v) is 8.95. The molecule has 0 aromatic rings. The van der Waals surface area contributed by atoms with E-state index in [-0.39, 0.29) is 42.2 Å². The molecular formula is C31H54O6. The minimum atomic E-state index is -0.570. The SMILES string of the molecule is CC.CC1(C2CCC3C4=C(C[C@H](OCCCO)[C@@]32C)[C@@]2(C)CCCCC2C[C@H]4OCCCO)OCCO1. The second-order valence-corrected chi connectivity index (χ2v) is 12.4. The van der Waals surface area contributed by atoms with Gasteiger partial charge in [-0.3, -0.25) is 0 Å². The van der Waals surface area contributed by atoms with Crippen LogP contribution in [0.1, 0.15) is 98.8 Å². The van der Waals surface area contributed by atoms with E-state index in [2.05, 4.69) is 20.8 Å². The average molecular weight is 523 g/mol. The molecule has 0 aromatic heterocycles. The number of aliphatic hydroxyl groups is 2. The van der Waals surface area contributed by atoms with Crippen molar-refractivity contribution in [2.75, 3.05) is 39.6 Å². The van der Waals surface area contributed by atoms with Crippen LogP contribution in [0, 0.1) is 28.6 Å². The summed E-state index contributed by atoms with van der Waals surface area (Å²) < 4.78 is 25.8. The Kier molecular flexibility index (Phi) is 9.84. The van der Waals surface area contributed by atoms with Gasteiger partial charge in [0.05, 0.1) is 25.4 Å². The first kappa shape index (κ1) is 29.5. The third kappa shape index (κ3) is 5.20. The summed E-state index contributed by atoms with van der Waals surface area (Å²) >= 11 is 0. The van der Waals surface area contributed by atoms with Crippen molar-refractivity contribution in [3.8, 4) is 0 Å². The zero-order chi connectivity index (χ0) is 26.7. The zero-order valence-corrected chi connectivity index (χ0v) is 24.2. The van der Waals surface area contributed by atoms with Crippen LogP contribution in [0.3, 0.4) is 0 Å². The molecule has 7 atom stereocenters. The molecule has 0 radical (unpaired) electrons. The van der Waals surface area contributed by atoms with Gasteiger partial charge in [-0.05, 0) is 81.1 Å². The van der Waals surface area contributed by atoms with Gasteiger partial charge in [-0.15, -0.1) is 0 Å². The fraction of sp³-hybridized carbons (Fsp3) is 0.935. The maximum atomic E-state index is 9.47. The van der Waals surface area contributed by atoms with Gasteiger partial charge in [-0.1, -0.05) is 46.1 Å². The molecule has 0 bridgehead atoms. The highest BCUT2D eigenvalue weighted by atomic mass is 16.7. The Morgan fingerprint density at radius 3 is 2.24 bits per heavy atom. The summed E-state index contributed by atoms with van der Waals surface area (Å²) in [5.41, 5.74) is 3.31. The van der Waals surface area contributed by atoms with Crippen molar-refractivity contribution in [2.24, 2.45) is 28.6 Å². The van der Waals surface area contributed by atoms with Gasteiger partial charge in [0, 0.05) is 37.8 Å². The van der Waals surface area contributed by atoms with Crippen LogP contribution in [0.15, 0.2) is 11.1 Å². The molecule has 4 aliphatic carbocycles. The lowest BCUT2D eigenvalue weighted by Crippen LogP contribution is -2.57. The van der Waals surface area contributed by atoms with Crippen molar-refractivity contribution in [2.45, 2.75) is 117 Å². The number of ether oxygens (including phenoxy) is 4. The van der Waals surface area contributed by atoms with E-state index in [4.69, 9.17) is 18.9 Å². The Bertz CT molecular complexity index is 776. The van der Waals surface area contributed by atoms with Crippen LogP contribution < -0.4 is 0 Å². The summed E-state index contributed by atoms with van der Waals surface area (Å²) in [4.78, 5) is 0. The number of fused-ring (bicyclic) bond motifs is 4. The Morgan fingerprint density at radius 1 is 0.892 bits per heavy atom. The molecule has 1 saturated heterocycles. The van der Waals surface area contributed by atoms with Crippen LogP contribution in [-0.2, 0) is 18.9 Å². The van der Waals surface area contributed by atoms with Crippen molar-refractivity contribution >= 4 is 0 Å². The van der Waals surface area contributed by atoms with Crippen molar-refractivity contribution in [3.63, 3.8) is 0 Å². The standard InChI is InChI=1S/C29H48O6.C2H6/c1-27-11-5-4-8-20(27)18-23(32-14-6-12-30)26-21-9-10-24(29(3)34-16-17-35-29)28(21,2)25(19-22(26)27)33-15-7-13-31;1-2/h20-21,23-25,30-31H,4-19H2,1-3H3;1-2H3/t20?,21?,23-,24?,25+,27+,28+;/m1./s1. The lowest BCUT2D eigenvalue weighted by molar-refractivity contribution is -0.226. The monoisotopic (exact) mass is 522 g/mol. The summed E-state index contributed by atoms with van der Waals surface area (Å²) in [6.45, 7) is 14.0. The van der Waals surface area contributed by atoms with Crippen LogP contribution >= 0.6 is 0 Å². The maximum Gasteiger partial charge on any atom is 0.169 e. The molecule has 5 rings (SSSR count). The van der Waals surface area contributed by atoms with E-state index < -0.39 is 5.79 Å². The summed E-state index contributed by atoms with van der Waals surface area (Å²) in [6.07, 6.45) is 11.0. The van der Waals surface area contributed by atoms with E-state index in [1.807, 2.05) is 13.8 Å². The van der Waals surface area contributed by atoms with Crippen LogP contribution in [0.5, 0.6) is 0 Å². The molecule has 3 fully saturated rings. The molecule has 0 spiro atoms. The highest BCUT2D eigenvalue weighted by molar-refractivity contribution is 5.39. The van der Waals surface area contributed by atoms with Gasteiger partial charge >= 0.3 is 0 Å². The molecule has 6 heteroatoms. The quantitative estimate of drug-likeness (QED) is 0.301. The van der Waals surface area contributed by atoms with E-state index in [9.17, 15) is 10.2 Å². The number of rotatable bonds is 9. The van der Waals surface area contributed by atoms with Gasteiger partial charge in [0.25, 0.3) is 0 Å². The predicted octanol–water partition coefficient (Wildman–Crippen LogP) is 5.64. The van der Waals surface area contributed by atoms with Gasteiger partial charge in [0.15, 0.2) is 5.79 Å². The van der Waals surface area contributed by atoms with E-state index >= 15 is 0 Å². The van der Waals surface area contributed by atoms with Crippen molar-refractivity contribution in [1.82, 2.24) is 0 Å². The Morgan fingerprint density at radius 2 is 1.57 bits per heavy atom. The van der Waals surface area contributed by atoms with Gasteiger partial charge in [0.1, 0.15) is 0 Å². The first-order valence-corrected chi connectivity index (χ1v) is 15.3. The molecule has 0 amide bonds. The second-order valence-electron chi connectivity index (χ2n) is 12.4. The van der Waals surface area contributed by atoms with Gasteiger partial charge < -0.3 is 29.2 Å². The summed E-state index contributed by atoms with van der Waals surface area (Å²) in [7, 11) is 0. The highest BCUT2D eigenvalue weighted by Crippen LogP contribution is 2.67.